The van der Waals surface area contributed by atoms with E-state index in [-0.39, 0.29) is 5.92 Å². The number of hydrazine groups is 1. The molecular weight excluding hydrogens is 218 g/mol. The van der Waals surface area contributed by atoms with Gasteiger partial charge in [-0.1, -0.05) is 0 Å². The van der Waals surface area contributed by atoms with E-state index in [1.54, 1.807) is 0 Å². The number of aliphatic carboxylic acids is 1. The van der Waals surface area contributed by atoms with Gasteiger partial charge in [-0.3, -0.25) is 10.2 Å². The van der Waals surface area contributed by atoms with E-state index in [0.717, 1.165) is 51.9 Å². The van der Waals surface area contributed by atoms with E-state index >= 15 is 0 Å². The molecule has 2 N–H and O–H groups in total. The highest BCUT2D eigenvalue weighted by atomic mass is 16.4. The Morgan fingerprint density at radius 3 is 2.24 bits per heavy atom. The van der Waals surface area contributed by atoms with Crippen molar-refractivity contribution in [1.29, 1.82) is 0 Å². The maximum Gasteiger partial charge on any atom is 0.306 e. The first-order valence-electron chi connectivity index (χ1n) is 6.57. The third-order valence-corrected chi connectivity index (χ3v) is 3.94. The summed E-state index contributed by atoms with van der Waals surface area (Å²) >= 11 is 0. The largest absolute Gasteiger partial charge is 0.481 e. The molecule has 17 heavy (non-hydrogen) atoms. The molecule has 0 aromatic rings. The average molecular weight is 241 g/mol. The van der Waals surface area contributed by atoms with Gasteiger partial charge in [-0.2, -0.15) is 0 Å². The molecule has 5 nitrogen and oxygen atoms in total. The molecule has 0 unspecified atom stereocenters. The van der Waals surface area contributed by atoms with Crippen molar-refractivity contribution in [2.75, 3.05) is 33.2 Å². The first kappa shape index (κ1) is 12.8. The lowest BCUT2D eigenvalue weighted by atomic mass is 9.86. The number of nitrogens with one attached hydrogen (secondary N) is 1. The lowest BCUT2D eigenvalue weighted by Gasteiger charge is -2.37. The minimum Gasteiger partial charge on any atom is -0.481 e. The summed E-state index contributed by atoms with van der Waals surface area (Å²) in [7, 11) is 2.15. The van der Waals surface area contributed by atoms with Gasteiger partial charge in [-0.05, 0) is 32.7 Å². The number of likely N-dealkylation sites (N-methyl/N-ethyl adjacent to an activating group) is 1. The Bertz CT molecular complexity index is 256. The Morgan fingerprint density at radius 1 is 1.12 bits per heavy atom. The predicted molar refractivity (Wildman–Crippen MR) is 65.6 cm³/mol. The summed E-state index contributed by atoms with van der Waals surface area (Å²) in [5.41, 5.74) is 3.55. The van der Waals surface area contributed by atoms with Crippen molar-refractivity contribution in [2.24, 2.45) is 5.92 Å². The van der Waals surface area contributed by atoms with Crippen LogP contribution in [0, 0.1) is 5.92 Å². The van der Waals surface area contributed by atoms with Crippen molar-refractivity contribution in [2.45, 2.75) is 31.7 Å². The van der Waals surface area contributed by atoms with Crippen LogP contribution < -0.4 is 5.43 Å². The second-order valence-corrected chi connectivity index (χ2v) is 5.31. The van der Waals surface area contributed by atoms with E-state index in [1.165, 1.54) is 0 Å². The maximum absolute atomic E-state index is 10.9. The van der Waals surface area contributed by atoms with Crippen molar-refractivity contribution < 1.29 is 9.90 Å². The van der Waals surface area contributed by atoms with Crippen LogP contribution in [0.3, 0.4) is 0 Å². The Kier molecular flexibility index (Phi) is 4.36. The molecule has 5 heteroatoms. The molecule has 1 aliphatic heterocycles. The van der Waals surface area contributed by atoms with Gasteiger partial charge in [0.2, 0.25) is 0 Å². The molecule has 2 aliphatic rings. The van der Waals surface area contributed by atoms with Gasteiger partial charge in [0, 0.05) is 32.2 Å². The summed E-state index contributed by atoms with van der Waals surface area (Å²) in [6, 6.07) is 0.481. The van der Waals surface area contributed by atoms with Crippen molar-refractivity contribution in [1.82, 2.24) is 15.3 Å². The van der Waals surface area contributed by atoms with Crippen LogP contribution in [0.25, 0.3) is 0 Å². The van der Waals surface area contributed by atoms with E-state index in [4.69, 9.17) is 5.11 Å². The molecule has 98 valence electrons. The predicted octanol–water partition coefficient (Wildman–Crippen LogP) is 0.382. The summed E-state index contributed by atoms with van der Waals surface area (Å²) < 4.78 is 0. The molecule has 1 aliphatic carbocycles. The van der Waals surface area contributed by atoms with E-state index in [1.807, 2.05) is 0 Å². The van der Waals surface area contributed by atoms with Crippen LogP contribution in [0.5, 0.6) is 0 Å². The smallest absolute Gasteiger partial charge is 0.306 e. The van der Waals surface area contributed by atoms with E-state index < -0.39 is 5.97 Å². The normalized spacial score (nSPS) is 32.5. The van der Waals surface area contributed by atoms with E-state index in [9.17, 15) is 4.79 Å². The average Bonchev–Trinajstić information content (AvgIpc) is 2.33. The van der Waals surface area contributed by atoms with E-state index in [0.29, 0.717) is 6.04 Å². The van der Waals surface area contributed by atoms with Gasteiger partial charge in [0.15, 0.2) is 0 Å². The fraction of sp³-hybridized carbons (Fsp3) is 0.917. The summed E-state index contributed by atoms with van der Waals surface area (Å²) in [6.07, 6.45) is 3.62. The molecule has 0 amide bonds. The molecule has 0 bridgehead atoms. The van der Waals surface area contributed by atoms with Gasteiger partial charge < -0.3 is 10.0 Å². The highest BCUT2D eigenvalue weighted by Gasteiger charge is 2.27. The summed E-state index contributed by atoms with van der Waals surface area (Å²) in [5, 5.41) is 11.2. The van der Waals surface area contributed by atoms with Crippen molar-refractivity contribution in [3.8, 4) is 0 Å². The minimum atomic E-state index is -0.622. The molecule has 2 fully saturated rings. The summed E-state index contributed by atoms with van der Waals surface area (Å²) in [5.74, 6) is -0.733. The van der Waals surface area contributed by atoms with Crippen LogP contribution in [0.2, 0.25) is 0 Å². The van der Waals surface area contributed by atoms with Crippen molar-refractivity contribution in [3.63, 3.8) is 0 Å². The van der Waals surface area contributed by atoms with Crippen LogP contribution in [-0.2, 0) is 4.79 Å². The van der Waals surface area contributed by atoms with Crippen LogP contribution in [0.15, 0.2) is 0 Å². The topological polar surface area (TPSA) is 55.8 Å². The molecule has 0 spiro atoms. The molecule has 1 saturated carbocycles. The van der Waals surface area contributed by atoms with Crippen molar-refractivity contribution in [3.05, 3.63) is 0 Å². The first-order valence-corrected chi connectivity index (χ1v) is 6.57. The number of carboxylic acid groups (broad SMARTS) is 1. The van der Waals surface area contributed by atoms with Gasteiger partial charge >= 0.3 is 5.97 Å². The monoisotopic (exact) mass is 241 g/mol. The highest BCUT2D eigenvalue weighted by molar-refractivity contribution is 5.70. The SMILES string of the molecule is CN1CCN(NC2CCC(C(=O)O)CC2)CC1. The minimum absolute atomic E-state index is 0.111. The fourth-order valence-corrected chi connectivity index (χ4v) is 2.66. The molecular formula is C12H23N3O2. The number of rotatable bonds is 3. The number of hydrogen-bond acceptors (Lipinski definition) is 4. The Morgan fingerprint density at radius 2 is 1.71 bits per heavy atom. The van der Waals surface area contributed by atoms with Gasteiger partial charge in [0.25, 0.3) is 0 Å². The molecule has 1 saturated heterocycles. The quantitative estimate of drug-likeness (QED) is 0.748. The van der Waals surface area contributed by atoms with Crippen LogP contribution in [0.4, 0.5) is 0 Å². The maximum atomic E-state index is 10.9. The van der Waals surface area contributed by atoms with Gasteiger partial charge in [0.1, 0.15) is 0 Å². The second-order valence-electron chi connectivity index (χ2n) is 5.31. The second kappa shape index (κ2) is 5.80. The standard InChI is InChI=1S/C12H23N3O2/c1-14-6-8-15(9-7-14)13-11-4-2-10(3-5-11)12(16)17/h10-11,13H,2-9H2,1H3,(H,16,17). The fourth-order valence-electron chi connectivity index (χ4n) is 2.66. The number of carbonyl (C=O) groups is 1. The Hall–Kier alpha value is -0.650. The third-order valence-electron chi connectivity index (χ3n) is 3.94. The third kappa shape index (κ3) is 3.66. The highest BCUT2D eigenvalue weighted by Crippen LogP contribution is 2.24. The van der Waals surface area contributed by atoms with Gasteiger partial charge in [0.05, 0.1) is 5.92 Å². The molecule has 0 atom stereocenters. The Balaban J connectivity index is 1.69. The summed E-state index contributed by atoms with van der Waals surface area (Å²) in [6.45, 7) is 4.35. The molecule has 0 radical (unpaired) electrons. The number of nitrogens with zero attached hydrogens (tertiary/aromatic N) is 2. The van der Waals surface area contributed by atoms with Gasteiger partial charge in [-0.15, -0.1) is 0 Å². The summed E-state index contributed by atoms with van der Waals surface area (Å²) in [4.78, 5) is 13.2. The number of carboxylic acids is 1. The molecule has 2 rings (SSSR count). The van der Waals surface area contributed by atoms with Crippen molar-refractivity contribution >= 4 is 5.97 Å². The number of piperazine rings is 1. The van der Waals surface area contributed by atoms with E-state index in [2.05, 4.69) is 22.4 Å². The van der Waals surface area contributed by atoms with Crippen LogP contribution in [-0.4, -0.2) is 60.3 Å². The number of hydrogen-bond donors (Lipinski definition) is 2. The Labute approximate surface area is 103 Å². The zero-order chi connectivity index (χ0) is 12.3. The zero-order valence-corrected chi connectivity index (χ0v) is 10.6. The molecule has 0 aromatic carbocycles. The lowest BCUT2D eigenvalue weighted by molar-refractivity contribution is -0.143. The van der Waals surface area contributed by atoms with Gasteiger partial charge in [-0.25, -0.2) is 5.01 Å². The lowest BCUT2D eigenvalue weighted by Crippen LogP contribution is -2.54. The first-order chi connectivity index (χ1) is 8.15. The van der Waals surface area contributed by atoms with Crippen LogP contribution in [0.1, 0.15) is 25.7 Å². The zero-order valence-electron chi connectivity index (χ0n) is 10.6. The molecule has 0 aromatic heterocycles. The molecule has 1 heterocycles. The van der Waals surface area contributed by atoms with Crippen LogP contribution >= 0.6 is 0 Å².